The second-order valence-electron chi connectivity index (χ2n) is 4.73. The van der Waals surface area contributed by atoms with Gasteiger partial charge in [-0.1, -0.05) is 6.92 Å². The molecule has 104 valence electrons. The van der Waals surface area contributed by atoms with Crippen LogP contribution in [0.25, 0.3) is 11.5 Å². The van der Waals surface area contributed by atoms with Gasteiger partial charge in [0.15, 0.2) is 5.82 Å². The van der Waals surface area contributed by atoms with Crippen LogP contribution in [0.3, 0.4) is 0 Å². The summed E-state index contributed by atoms with van der Waals surface area (Å²) < 4.78 is 0. The first-order chi connectivity index (χ1) is 9.78. The number of hydrogen-bond donors (Lipinski definition) is 1. The van der Waals surface area contributed by atoms with E-state index in [9.17, 15) is 0 Å². The molecule has 0 atom stereocenters. The molecule has 0 aliphatic carbocycles. The van der Waals surface area contributed by atoms with Gasteiger partial charge in [0.1, 0.15) is 17.3 Å². The Balaban J connectivity index is 2.04. The van der Waals surface area contributed by atoms with E-state index in [0.29, 0.717) is 5.82 Å². The van der Waals surface area contributed by atoms with Crippen molar-refractivity contribution >= 4 is 17.6 Å². The van der Waals surface area contributed by atoms with E-state index in [1.54, 1.807) is 6.20 Å². The molecule has 1 N–H and O–H groups in total. The number of aryl methyl sites for hydroxylation is 1. The van der Waals surface area contributed by atoms with Gasteiger partial charge in [-0.3, -0.25) is 0 Å². The lowest BCUT2D eigenvalue weighted by Gasteiger charge is -2.11. The maximum absolute atomic E-state index is 4.67. The SMILES string of the molecule is CCCNc1nc(-c2ccnc(C)n2)nc2c1CSC2. The van der Waals surface area contributed by atoms with Crippen LogP contribution in [0, 0.1) is 6.92 Å². The Kier molecular flexibility index (Phi) is 3.82. The first-order valence-corrected chi connectivity index (χ1v) is 7.95. The van der Waals surface area contributed by atoms with Crippen LogP contribution in [0.1, 0.15) is 30.4 Å². The molecule has 2 aromatic heterocycles. The fourth-order valence-electron chi connectivity index (χ4n) is 2.14. The molecule has 0 fully saturated rings. The van der Waals surface area contributed by atoms with E-state index >= 15 is 0 Å². The van der Waals surface area contributed by atoms with E-state index in [4.69, 9.17) is 0 Å². The Bertz CT molecular complexity index is 629. The summed E-state index contributed by atoms with van der Waals surface area (Å²) in [6.45, 7) is 4.96. The molecule has 3 heterocycles. The molecule has 0 saturated heterocycles. The lowest BCUT2D eigenvalue weighted by atomic mass is 10.2. The second-order valence-corrected chi connectivity index (χ2v) is 5.72. The molecule has 1 aliphatic rings. The quantitative estimate of drug-likeness (QED) is 0.933. The van der Waals surface area contributed by atoms with E-state index in [2.05, 4.69) is 32.2 Å². The zero-order chi connectivity index (χ0) is 13.9. The molecular weight excluding hydrogens is 270 g/mol. The number of nitrogens with one attached hydrogen (secondary N) is 1. The van der Waals surface area contributed by atoms with Gasteiger partial charge in [0.05, 0.1) is 5.69 Å². The molecular formula is C14H17N5S. The van der Waals surface area contributed by atoms with Gasteiger partial charge in [0, 0.05) is 29.8 Å². The maximum Gasteiger partial charge on any atom is 0.180 e. The molecule has 6 heteroatoms. The lowest BCUT2D eigenvalue weighted by molar-refractivity contribution is 0.950. The summed E-state index contributed by atoms with van der Waals surface area (Å²) in [5.74, 6) is 4.34. The molecule has 20 heavy (non-hydrogen) atoms. The summed E-state index contributed by atoms with van der Waals surface area (Å²) in [4.78, 5) is 17.9. The topological polar surface area (TPSA) is 63.6 Å². The van der Waals surface area contributed by atoms with Crippen LogP contribution in [-0.4, -0.2) is 26.5 Å². The Hall–Kier alpha value is -1.69. The van der Waals surface area contributed by atoms with Crippen molar-refractivity contribution in [2.24, 2.45) is 0 Å². The Morgan fingerprint density at radius 1 is 1.25 bits per heavy atom. The van der Waals surface area contributed by atoms with Crippen LogP contribution in [0.2, 0.25) is 0 Å². The molecule has 0 saturated carbocycles. The number of fused-ring (bicyclic) bond motifs is 1. The molecule has 0 bridgehead atoms. The average Bonchev–Trinajstić information content (AvgIpc) is 2.93. The summed E-state index contributed by atoms with van der Waals surface area (Å²) in [5.41, 5.74) is 3.17. The molecule has 0 unspecified atom stereocenters. The van der Waals surface area contributed by atoms with Crippen LogP contribution in [0.15, 0.2) is 12.3 Å². The third-order valence-electron chi connectivity index (χ3n) is 3.13. The number of rotatable bonds is 4. The normalized spacial score (nSPS) is 13.3. The third-order valence-corrected chi connectivity index (χ3v) is 4.10. The van der Waals surface area contributed by atoms with Gasteiger partial charge in [-0.15, -0.1) is 0 Å². The van der Waals surface area contributed by atoms with E-state index in [1.807, 2.05) is 24.8 Å². The van der Waals surface area contributed by atoms with E-state index in [1.165, 1.54) is 5.56 Å². The first kappa shape index (κ1) is 13.3. The van der Waals surface area contributed by atoms with Crippen LogP contribution in [-0.2, 0) is 11.5 Å². The van der Waals surface area contributed by atoms with Gasteiger partial charge in [0.25, 0.3) is 0 Å². The predicted molar refractivity (Wildman–Crippen MR) is 81.6 cm³/mol. The van der Waals surface area contributed by atoms with Crippen molar-refractivity contribution in [2.45, 2.75) is 31.8 Å². The summed E-state index contributed by atoms with van der Waals surface area (Å²) in [7, 11) is 0. The van der Waals surface area contributed by atoms with Crippen LogP contribution < -0.4 is 5.32 Å². The van der Waals surface area contributed by atoms with Gasteiger partial charge in [-0.2, -0.15) is 11.8 Å². The van der Waals surface area contributed by atoms with Crippen LogP contribution in [0.5, 0.6) is 0 Å². The molecule has 0 radical (unpaired) electrons. The summed E-state index contributed by atoms with van der Waals surface area (Å²) >= 11 is 1.88. The number of thioether (sulfide) groups is 1. The van der Waals surface area contributed by atoms with Crippen molar-refractivity contribution in [3.63, 3.8) is 0 Å². The summed E-state index contributed by atoms with van der Waals surface area (Å²) in [5, 5.41) is 3.41. The zero-order valence-electron chi connectivity index (χ0n) is 11.7. The fourth-order valence-corrected chi connectivity index (χ4v) is 3.18. The van der Waals surface area contributed by atoms with Crippen LogP contribution >= 0.6 is 11.8 Å². The van der Waals surface area contributed by atoms with Crippen molar-refractivity contribution in [3.8, 4) is 11.5 Å². The highest BCUT2D eigenvalue weighted by Crippen LogP contribution is 2.34. The zero-order valence-corrected chi connectivity index (χ0v) is 12.5. The van der Waals surface area contributed by atoms with Crippen molar-refractivity contribution in [1.82, 2.24) is 19.9 Å². The number of nitrogens with zero attached hydrogens (tertiary/aromatic N) is 4. The van der Waals surface area contributed by atoms with E-state index < -0.39 is 0 Å². The average molecular weight is 287 g/mol. The highest BCUT2D eigenvalue weighted by atomic mass is 32.2. The third kappa shape index (κ3) is 2.60. The van der Waals surface area contributed by atoms with Crippen molar-refractivity contribution in [1.29, 1.82) is 0 Å². The lowest BCUT2D eigenvalue weighted by Crippen LogP contribution is -2.08. The molecule has 0 spiro atoms. The predicted octanol–water partition coefficient (Wildman–Crippen LogP) is 2.81. The molecule has 3 rings (SSSR count). The highest BCUT2D eigenvalue weighted by Gasteiger charge is 2.20. The number of aromatic nitrogens is 4. The summed E-state index contributed by atoms with van der Waals surface area (Å²) in [6.07, 6.45) is 2.83. The monoisotopic (exact) mass is 287 g/mol. The van der Waals surface area contributed by atoms with E-state index in [-0.39, 0.29) is 0 Å². The van der Waals surface area contributed by atoms with Gasteiger partial charge < -0.3 is 5.32 Å². The minimum atomic E-state index is 0.690. The highest BCUT2D eigenvalue weighted by molar-refractivity contribution is 7.98. The van der Waals surface area contributed by atoms with Crippen LogP contribution in [0.4, 0.5) is 5.82 Å². The smallest absolute Gasteiger partial charge is 0.180 e. The van der Waals surface area contributed by atoms with E-state index in [0.717, 1.165) is 47.5 Å². The molecule has 5 nitrogen and oxygen atoms in total. The largest absolute Gasteiger partial charge is 0.370 e. The Morgan fingerprint density at radius 3 is 2.95 bits per heavy atom. The number of anilines is 1. The molecule has 0 amide bonds. The standard InChI is InChI=1S/C14H17N5S/c1-3-5-16-13-10-7-20-8-12(10)18-14(19-13)11-4-6-15-9(2)17-11/h4,6H,3,5,7-8H2,1-2H3,(H,16,18,19). The minimum absolute atomic E-state index is 0.690. The Labute approximate surface area is 122 Å². The van der Waals surface area contributed by atoms with Gasteiger partial charge in [-0.05, 0) is 19.4 Å². The Morgan fingerprint density at radius 2 is 2.15 bits per heavy atom. The molecule has 1 aliphatic heterocycles. The second kappa shape index (κ2) is 5.75. The minimum Gasteiger partial charge on any atom is -0.370 e. The maximum atomic E-state index is 4.67. The summed E-state index contributed by atoms with van der Waals surface area (Å²) in [6, 6.07) is 1.86. The van der Waals surface area contributed by atoms with Crippen molar-refractivity contribution in [2.75, 3.05) is 11.9 Å². The molecule has 0 aromatic carbocycles. The van der Waals surface area contributed by atoms with Gasteiger partial charge >= 0.3 is 0 Å². The van der Waals surface area contributed by atoms with Gasteiger partial charge in [-0.25, -0.2) is 19.9 Å². The first-order valence-electron chi connectivity index (χ1n) is 6.79. The van der Waals surface area contributed by atoms with Crippen molar-refractivity contribution in [3.05, 3.63) is 29.3 Å². The number of hydrogen-bond acceptors (Lipinski definition) is 6. The fraction of sp³-hybridized carbons (Fsp3) is 0.429. The van der Waals surface area contributed by atoms with Crippen molar-refractivity contribution < 1.29 is 0 Å². The molecule has 2 aromatic rings. The van der Waals surface area contributed by atoms with Gasteiger partial charge in [0.2, 0.25) is 0 Å².